The predicted molar refractivity (Wildman–Crippen MR) is 128 cm³/mol. The van der Waals surface area contributed by atoms with Crippen LogP contribution in [0.2, 0.25) is 5.02 Å². The lowest BCUT2D eigenvalue weighted by atomic mass is 10.2. The lowest BCUT2D eigenvalue weighted by molar-refractivity contribution is 0.472. The highest BCUT2D eigenvalue weighted by Gasteiger charge is 2.10. The fourth-order valence-corrected chi connectivity index (χ4v) is 2.89. The van der Waals surface area contributed by atoms with Crippen LogP contribution in [0.5, 0.6) is 0 Å². The number of guanidine groups is 1. The smallest absolute Gasteiger partial charge is 0.194 e. The molecule has 0 radical (unpaired) electrons. The molecule has 3 aromatic rings. The van der Waals surface area contributed by atoms with E-state index in [0.29, 0.717) is 13.1 Å². The van der Waals surface area contributed by atoms with E-state index in [4.69, 9.17) is 16.6 Å². The summed E-state index contributed by atoms with van der Waals surface area (Å²) in [6, 6.07) is 18.1. The number of rotatable bonds is 6. The van der Waals surface area contributed by atoms with Gasteiger partial charge in [0.25, 0.3) is 0 Å². The third-order valence-corrected chi connectivity index (χ3v) is 4.79. The molecule has 1 heterocycles. The van der Waals surface area contributed by atoms with E-state index in [1.54, 1.807) is 0 Å². The Morgan fingerprint density at radius 2 is 1.76 bits per heavy atom. The summed E-state index contributed by atoms with van der Waals surface area (Å²) in [7, 11) is 3.98. The van der Waals surface area contributed by atoms with Gasteiger partial charge in [0.15, 0.2) is 11.8 Å². The molecule has 0 bridgehead atoms. The van der Waals surface area contributed by atoms with Gasteiger partial charge in [0, 0.05) is 25.7 Å². The average molecular weight is 525 g/mol. The maximum atomic E-state index is 6.00. The van der Waals surface area contributed by atoms with E-state index >= 15 is 0 Å². The van der Waals surface area contributed by atoms with Gasteiger partial charge in [0.1, 0.15) is 5.82 Å². The van der Waals surface area contributed by atoms with Gasteiger partial charge >= 0.3 is 0 Å². The number of nitrogens with one attached hydrogen (secondary N) is 1. The van der Waals surface area contributed by atoms with Crippen LogP contribution in [-0.4, -0.2) is 32.7 Å². The number of aliphatic imine (C=N–C) groups is 1. The van der Waals surface area contributed by atoms with Crippen LogP contribution in [0, 0.1) is 6.92 Å². The van der Waals surface area contributed by atoms with Crippen molar-refractivity contribution in [3.05, 3.63) is 82.4 Å². The Labute approximate surface area is 194 Å². The molecule has 8 heteroatoms. The Kier molecular flexibility index (Phi) is 8.91. The molecule has 0 fully saturated rings. The average Bonchev–Trinajstić information content (AvgIpc) is 3.02. The molecule has 0 saturated carbocycles. The van der Waals surface area contributed by atoms with Crippen LogP contribution < -0.4 is 5.32 Å². The van der Waals surface area contributed by atoms with Crippen molar-refractivity contribution in [1.82, 2.24) is 25.0 Å². The van der Waals surface area contributed by atoms with Crippen molar-refractivity contribution in [2.24, 2.45) is 12.0 Å². The summed E-state index contributed by atoms with van der Waals surface area (Å²) in [5.41, 5.74) is 2.33. The molecule has 0 saturated heterocycles. The number of aromatic nitrogens is 3. The van der Waals surface area contributed by atoms with Gasteiger partial charge in [-0.25, -0.2) is 4.99 Å². The third-order valence-electron chi connectivity index (χ3n) is 4.54. The maximum Gasteiger partial charge on any atom is 0.194 e. The van der Waals surface area contributed by atoms with Gasteiger partial charge in [-0.15, -0.1) is 34.2 Å². The van der Waals surface area contributed by atoms with E-state index in [9.17, 15) is 0 Å². The van der Waals surface area contributed by atoms with Gasteiger partial charge in [-0.2, -0.15) is 0 Å². The van der Waals surface area contributed by atoms with Crippen molar-refractivity contribution in [3.63, 3.8) is 0 Å². The highest BCUT2D eigenvalue weighted by molar-refractivity contribution is 14.0. The standard InChI is InChI=1S/C21H25ClN6.HI/c1-16-25-26-20(28(16)3)14-24-21(23-13-17-7-5-4-6-8-17)27(2)15-18-9-11-19(22)12-10-18;/h4-12H,13-15H2,1-3H3,(H,23,24);1H. The van der Waals surface area contributed by atoms with Crippen LogP contribution in [0.3, 0.4) is 0 Å². The molecule has 1 N–H and O–H groups in total. The third kappa shape index (κ3) is 6.71. The van der Waals surface area contributed by atoms with Crippen molar-refractivity contribution in [2.45, 2.75) is 26.6 Å². The Bertz CT molecular complexity index is 924. The normalized spacial score (nSPS) is 11.1. The first-order chi connectivity index (χ1) is 13.5. The number of halogens is 2. The van der Waals surface area contributed by atoms with E-state index in [2.05, 4.69) is 32.5 Å². The van der Waals surface area contributed by atoms with Gasteiger partial charge in [0.05, 0.1) is 13.1 Å². The molecule has 0 aliphatic rings. The van der Waals surface area contributed by atoms with E-state index in [1.807, 2.05) is 68.1 Å². The highest BCUT2D eigenvalue weighted by Crippen LogP contribution is 2.11. The number of benzene rings is 2. The monoisotopic (exact) mass is 524 g/mol. The largest absolute Gasteiger partial charge is 0.349 e. The molecule has 0 atom stereocenters. The minimum Gasteiger partial charge on any atom is -0.349 e. The second-order valence-electron chi connectivity index (χ2n) is 6.68. The Morgan fingerprint density at radius 3 is 2.38 bits per heavy atom. The van der Waals surface area contributed by atoms with Gasteiger partial charge in [-0.1, -0.05) is 54.1 Å². The first-order valence-electron chi connectivity index (χ1n) is 9.15. The van der Waals surface area contributed by atoms with Crippen LogP contribution in [-0.2, 0) is 26.7 Å². The number of nitrogens with zero attached hydrogens (tertiary/aromatic N) is 5. The Morgan fingerprint density at radius 1 is 1.07 bits per heavy atom. The molecule has 0 unspecified atom stereocenters. The molecular formula is C21H26ClIN6. The minimum atomic E-state index is 0. The summed E-state index contributed by atoms with van der Waals surface area (Å²) in [5.74, 6) is 2.55. The zero-order valence-corrected chi connectivity index (χ0v) is 19.9. The van der Waals surface area contributed by atoms with Gasteiger partial charge in [0.2, 0.25) is 0 Å². The second kappa shape index (κ2) is 11.2. The number of aryl methyl sites for hydroxylation is 1. The van der Waals surface area contributed by atoms with E-state index in [0.717, 1.165) is 40.3 Å². The highest BCUT2D eigenvalue weighted by atomic mass is 127. The SMILES string of the molecule is Cc1nnc(CNC(=NCc2ccccc2)N(C)Cc2ccc(Cl)cc2)n1C.I. The van der Waals surface area contributed by atoms with Crippen molar-refractivity contribution in [1.29, 1.82) is 0 Å². The molecular weight excluding hydrogens is 499 g/mol. The molecule has 0 aliphatic heterocycles. The van der Waals surface area contributed by atoms with Crippen molar-refractivity contribution in [2.75, 3.05) is 7.05 Å². The lowest BCUT2D eigenvalue weighted by Gasteiger charge is -2.22. The second-order valence-corrected chi connectivity index (χ2v) is 7.12. The predicted octanol–water partition coefficient (Wildman–Crippen LogP) is 4.17. The quantitative estimate of drug-likeness (QED) is 0.299. The molecule has 29 heavy (non-hydrogen) atoms. The summed E-state index contributed by atoms with van der Waals surface area (Å²) in [5, 5.41) is 12.5. The summed E-state index contributed by atoms with van der Waals surface area (Å²) < 4.78 is 1.97. The lowest BCUT2D eigenvalue weighted by Crippen LogP contribution is -2.38. The molecule has 0 aliphatic carbocycles. The summed E-state index contributed by atoms with van der Waals surface area (Å²) in [4.78, 5) is 6.90. The van der Waals surface area contributed by atoms with Crippen molar-refractivity contribution in [3.8, 4) is 0 Å². The summed E-state index contributed by atoms with van der Waals surface area (Å²) >= 11 is 6.00. The maximum absolute atomic E-state index is 6.00. The summed E-state index contributed by atoms with van der Waals surface area (Å²) in [6.07, 6.45) is 0. The van der Waals surface area contributed by atoms with Crippen LogP contribution in [0.15, 0.2) is 59.6 Å². The van der Waals surface area contributed by atoms with Crippen LogP contribution >= 0.6 is 35.6 Å². The number of hydrogen-bond acceptors (Lipinski definition) is 3. The first kappa shape index (κ1) is 23.2. The van der Waals surface area contributed by atoms with E-state index in [1.165, 1.54) is 0 Å². The molecule has 0 spiro atoms. The van der Waals surface area contributed by atoms with Crippen LogP contribution in [0.25, 0.3) is 0 Å². The zero-order valence-electron chi connectivity index (χ0n) is 16.8. The van der Waals surface area contributed by atoms with Crippen molar-refractivity contribution < 1.29 is 0 Å². The molecule has 0 amide bonds. The fourth-order valence-electron chi connectivity index (χ4n) is 2.76. The fraction of sp³-hybridized carbons (Fsp3) is 0.286. The van der Waals surface area contributed by atoms with Crippen LogP contribution in [0.4, 0.5) is 0 Å². The molecule has 154 valence electrons. The minimum absolute atomic E-state index is 0. The van der Waals surface area contributed by atoms with Crippen LogP contribution in [0.1, 0.15) is 22.8 Å². The first-order valence-corrected chi connectivity index (χ1v) is 9.53. The van der Waals surface area contributed by atoms with Gasteiger partial charge in [-0.3, -0.25) is 0 Å². The Hall–Kier alpha value is -2.13. The molecule has 6 nitrogen and oxygen atoms in total. The number of hydrogen-bond donors (Lipinski definition) is 1. The van der Waals surface area contributed by atoms with Crippen molar-refractivity contribution >= 4 is 41.5 Å². The molecule has 2 aromatic carbocycles. The summed E-state index contributed by atoms with van der Waals surface area (Å²) in [6.45, 7) is 3.81. The Balaban J connectivity index is 0.00000300. The molecule has 3 rings (SSSR count). The topological polar surface area (TPSA) is 58.3 Å². The van der Waals surface area contributed by atoms with Gasteiger partial charge < -0.3 is 14.8 Å². The zero-order chi connectivity index (χ0) is 19.9. The van der Waals surface area contributed by atoms with E-state index < -0.39 is 0 Å². The van der Waals surface area contributed by atoms with Gasteiger partial charge in [-0.05, 0) is 30.2 Å². The molecule has 1 aromatic heterocycles. The van der Waals surface area contributed by atoms with E-state index in [-0.39, 0.29) is 24.0 Å².